The van der Waals surface area contributed by atoms with Crippen molar-refractivity contribution in [3.8, 4) is 17.2 Å². The minimum Gasteiger partial charge on any atom is -0.496 e. The van der Waals surface area contributed by atoms with E-state index in [0.717, 1.165) is 19.6 Å². The molecule has 0 atom stereocenters. The number of ether oxygens (including phenoxy) is 3. The van der Waals surface area contributed by atoms with Crippen molar-refractivity contribution >= 4 is 17.2 Å². The molecule has 1 aromatic carbocycles. The van der Waals surface area contributed by atoms with Crippen LogP contribution in [0.15, 0.2) is 29.6 Å². The molecule has 2 heterocycles. The van der Waals surface area contributed by atoms with Crippen molar-refractivity contribution in [1.82, 2.24) is 9.80 Å². The second-order valence-corrected chi connectivity index (χ2v) is 7.09. The number of amides is 1. The van der Waals surface area contributed by atoms with Gasteiger partial charge in [-0.15, -0.1) is 11.3 Å². The SMILES string of the molecule is COc1cc(OC)c(C(=O)N2CCN(Cc3cccs3)CC2)cc1OC. The van der Waals surface area contributed by atoms with Crippen LogP contribution in [0.4, 0.5) is 0 Å². The molecule has 26 heavy (non-hydrogen) atoms. The summed E-state index contributed by atoms with van der Waals surface area (Å²) in [4.78, 5) is 18.6. The molecule has 6 nitrogen and oxygen atoms in total. The van der Waals surface area contributed by atoms with E-state index in [1.54, 1.807) is 44.8 Å². The van der Waals surface area contributed by atoms with E-state index in [1.807, 2.05) is 4.90 Å². The Morgan fingerprint density at radius 1 is 1.00 bits per heavy atom. The normalized spacial score (nSPS) is 15.0. The molecule has 140 valence electrons. The zero-order chi connectivity index (χ0) is 18.5. The number of benzene rings is 1. The summed E-state index contributed by atoms with van der Waals surface area (Å²) in [5.74, 6) is 1.52. The van der Waals surface area contributed by atoms with Crippen LogP contribution in [0.3, 0.4) is 0 Å². The molecule has 7 heteroatoms. The highest BCUT2D eigenvalue weighted by atomic mass is 32.1. The molecule has 2 aromatic rings. The molecule has 0 unspecified atom stereocenters. The largest absolute Gasteiger partial charge is 0.496 e. The van der Waals surface area contributed by atoms with Crippen LogP contribution in [0.1, 0.15) is 15.2 Å². The highest BCUT2D eigenvalue weighted by Crippen LogP contribution is 2.35. The van der Waals surface area contributed by atoms with Gasteiger partial charge >= 0.3 is 0 Å². The molecule has 1 aliphatic rings. The average molecular weight is 376 g/mol. The van der Waals surface area contributed by atoms with Crippen molar-refractivity contribution in [3.63, 3.8) is 0 Å². The van der Waals surface area contributed by atoms with Crippen LogP contribution < -0.4 is 14.2 Å². The van der Waals surface area contributed by atoms with E-state index in [-0.39, 0.29) is 5.91 Å². The molecule has 1 fully saturated rings. The van der Waals surface area contributed by atoms with E-state index in [9.17, 15) is 4.79 Å². The molecule has 0 aliphatic carbocycles. The molecule has 3 rings (SSSR count). The molecule has 0 spiro atoms. The van der Waals surface area contributed by atoms with E-state index >= 15 is 0 Å². The van der Waals surface area contributed by atoms with Gasteiger partial charge in [-0.2, -0.15) is 0 Å². The summed E-state index contributed by atoms with van der Waals surface area (Å²) in [5.41, 5.74) is 0.497. The summed E-state index contributed by atoms with van der Waals surface area (Å²) >= 11 is 1.77. The Bertz CT molecular complexity index is 740. The minimum atomic E-state index is -0.0430. The number of piperazine rings is 1. The summed E-state index contributed by atoms with van der Waals surface area (Å²) in [6.07, 6.45) is 0. The number of hydrogen-bond donors (Lipinski definition) is 0. The van der Waals surface area contributed by atoms with Crippen molar-refractivity contribution in [2.45, 2.75) is 6.54 Å². The Morgan fingerprint density at radius 3 is 2.23 bits per heavy atom. The zero-order valence-corrected chi connectivity index (χ0v) is 16.2. The topological polar surface area (TPSA) is 51.2 Å². The number of hydrogen-bond acceptors (Lipinski definition) is 6. The first-order valence-corrected chi connectivity index (χ1v) is 9.38. The lowest BCUT2D eigenvalue weighted by Crippen LogP contribution is -2.48. The third-order valence-corrected chi connectivity index (χ3v) is 5.42. The fourth-order valence-electron chi connectivity index (χ4n) is 3.10. The van der Waals surface area contributed by atoms with Gasteiger partial charge in [-0.25, -0.2) is 0 Å². The fourth-order valence-corrected chi connectivity index (χ4v) is 3.84. The van der Waals surface area contributed by atoms with E-state index in [4.69, 9.17) is 14.2 Å². The lowest BCUT2D eigenvalue weighted by molar-refractivity contribution is 0.0626. The maximum absolute atomic E-state index is 13.0. The van der Waals surface area contributed by atoms with E-state index < -0.39 is 0 Å². The highest BCUT2D eigenvalue weighted by molar-refractivity contribution is 7.09. The number of carbonyl (C=O) groups excluding carboxylic acids is 1. The summed E-state index contributed by atoms with van der Waals surface area (Å²) in [7, 11) is 4.67. The standard InChI is InChI=1S/C19H24N2O4S/c1-23-16-12-18(25-3)17(24-2)11-15(16)19(22)21-8-6-20(7-9-21)13-14-5-4-10-26-14/h4-5,10-12H,6-9,13H2,1-3H3. The van der Waals surface area contributed by atoms with Crippen LogP contribution in [0, 0.1) is 0 Å². The summed E-state index contributed by atoms with van der Waals surface area (Å²) < 4.78 is 16.0. The molecule has 1 aromatic heterocycles. The predicted octanol–water partition coefficient (Wildman–Crippen LogP) is 2.73. The summed E-state index contributed by atoms with van der Waals surface area (Å²) in [6, 6.07) is 7.61. The van der Waals surface area contributed by atoms with Gasteiger partial charge in [0, 0.05) is 49.7 Å². The molecule has 1 aliphatic heterocycles. The van der Waals surface area contributed by atoms with Crippen molar-refractivity contribution in [2.24, 2.45) is 0 Å². The van der Waals surface area contributed by atoms with Gasteiger partial charge in [0.05, 0.1) is 26.9 Å². The smallest absolute Gasteiger partial charge is 0.257 e. The molecule has 0 N–H and O–H groups in total. The third kappa shape index (κ3) is 3.94. The maximum Gasteiger partial charge on any atom is 0.257 e. The van der Waals surface area contributed by atoms with Gasteiger partial charge < -0.3 is 19.1 Å². The minimum absolute atomic E-state index is 0.0430. The van der Waals surface area contributed by atoms with Crippen LogP contribution in [-0.2, 0) is 6.54 Å². The second kappa shape index (κ2) is 8.42. The number of nitrogens with zero attached hydrogens (tertiary/aromatic N) is 2. The monoisotopic (exact) mass is 376 g/mol. The molecule has 1 amide bonds. The summed E-state index contributed by atoms with van der Waals surface area (Å²) in [6.45, 7) is 4.06. The van der Waals surface area contributed by atoms with Gasteiger partial charge in [0.1, 0.15) is 5.75 Å². The Morgan fingerprint density at radius 2 is 1.65 bits per heavy atom. The van der Waals surface area contributed by atoms with Crippen LogP contribution in [0.25, 0.3) is 0 Å². The van der Waals surface area contributed by atoms with Crippen LogP contribution in [0.5, 0.6) is 17.2 Å². The molecule has 0 bridgehead atoms. The van der Waals surface area contributed by atoms with Crippen molar-refractivity contribution < 1.29 is 19.0 Å². The van der Waals surface area contributed by atoms with Gasteiger partial charge in [-0.05, 0) is 11.4 Å². The van der Waals surface area contributed by atoms with E-state index in [0.29, 0.717) is 35.9 Å². The average Bonchev–Trinajstić information content (AvgIpc) is 3.20. The molecular weight excluding hydrogens is 352 g/mol. The third-order valence-electron chi connectivity index (χ3n) is 4.56. The Labute approximate surface area is 157 Å². The lowest BCUT2D eigenvalue weighted by atomic mass is 10.1. The molecule has 0 radical (unpaired) electrons. The van der Waals surface area contributed by atoms with Gasteiger partial charge in [-0.3, -0.25) is 9.69 Å². The predicted molar refractivity (Wildman–Crippen MR) is 102 cm³/mol. The van der Waals surface area contributed by atoms with Crippen molar-refractivity contribution in [1.29, 1.82) is 0 Å². The van der Waals surface area contributed by atoms with E-state index in [2.05, 4.69) is 22.4 Å². The fraction of sp³-hybridized carbons (Fsp3) is 0.421. The lowest BCUT2D eigenvalue weighted by Gasteiger charge is -2.34. The number of thiophene rings is 1. The Balaban J connectivity index is 1.70. The molecule has 1 saturated heterocycles. The molecular formula is C19H24N2O4S. The van der Waals surface area contributed by atoms with Gasteiger partial charge in [-0.1, -0.05) is 6.07 Å². The number of carbonyl (C=O) groups is 1. The van der Waals surface area contributed by atoms with Crippen molar-refractivity contribution in [3.05, 3.63) is 40.1 Å². The van der Waals surface area contributed by atoms with Crippen LogP contribution in [0.2, 0.25) is 0 Å². The van der Waals surface area contributed by atoms with Crippen LogP contribution in [-0.4, -0.2) is 63.2 Å². The first-order valence-electron chi connectivity index (χ1n) is 8.50. The Kier molecular flexibility index (Phi) is 6.00. The van der Waals surface area contributed by atoms with Gasteiger partial charge in [0.15, 0.2) is 11.5 Å². The first-order chi connectivity index (χ1) is 12.7. The van der Waals surface area contributed by atoms with Crippen molar-refractivity contribution in [2.75, 3.05) is 47.5 Å². The Hall–Kier alpha value is -2.25. The highest BCUT2D eigenvalue weighted by Gasteiger charge is 2.26. The second-order valence-electron chi connectivity index (χ2n) is 6.06. The zero-order valence-electron chi connectivity index (χ0n) is 15.4. The maximum atomic E-state index is 13.0. The molecule has 0 saturated carbocycles. The first kappa shape index (κ1) is 18.5. The number of methoxy groups -OCH3 is 3. The van der Waals surface area contributed by atoms with E-state index in [1.165, 1.54) is 4.88 Å². The van der Waals surface area contributed by atoms with Gasteiger partial charge in [0.25, 0.3) is 5.91 Å². The van der Waals surface area contributed by atoms with Gasteiger partial charge in [0.2, 0.25) is 0 Å². The number of rotatable bonds is 6. The van der Waals surface area contributed by atoms with Crippen LogP contribution >= 0.6 is 11.3 Å². The quantitative estimate of drug-likeness (QED) is 0.776. The summed E-state index contributed by atoms with van der Waals surface area (Å²) in [5, 5.41) is 2.10.